The van der Waals surface area contributed by atoms with Crippen molar-refractivity contribution in [1.82, 2.24) is 5.32 Å². The minimum absolute atomic E-state index is 0.125. The molecule has 1 saturated heterocycles. The number of halogens is 1. The second-order valence-electron chi connectivity index (χ2n) is 3.36. The summed E-state index contributed by atoms with van der Waals surface area (Å²) in [4.78, 5) is 0. The minimum atomic E-state index is 0.125. The summed E-state index contributed by atoms with van der Waals surface area (Å²) < 4.78 is 10.2. The van der Waals surface area contributed by atoms with Crippen LogP contribution in [-0.4, -0.2) is 44.9 Å². The molecule has 1 rings (SSSR count). The van der Waals surface area contributed by atoms with E-state index in [9.17, 15) is 0 Å². The van der Waals surface area contributed by atoms with Gasteiger partial charge >= 0.3 is 0 Å². The van der Waals surface area contributed by atoms with Gasteiger partial charge < -0.3 is 14.8 Å². The molecule has 0 amide bonds. The highest BCUT2D eigenvalue weighted by Gasteiger charge is 2.14. The SMILES string of the molecule is COCC(Cl)CCNC1CCOC1. The van der Waals surface area contributed by atoms with Crippen molar-refractivity contribution in [1.29, 1.82) is 0 Å². The molecule has 78 valence electrons. The molecule has 2 unspecified atom stereocenters. The Kier molecular flexibility index (Phi) is 5.71. The lowest BCUT2D eigenvalue weighted by Gasteiger charge is -2.12. The highest BCUT2D eigenvalue weighted by molar-refractivity contribution is 6.20. The second kappa shape index (κ2) is 6.60. The van der Waals surface area contributed by atoms with Gasteiger partial charge in [0, 0.05) is 19.8 Å². The van der Waals surface area contributed by atoms with Crippen LogP contribution in [0.15, 0.2) is 0 Å². The van der Waals surface area contributed by atoms with Gasteiger partial charge in [-0.2, -0.15) is 0 Å². The summed E-state index contributed by atoms with van der Waals surface area (Å²) in [6, 6.07) is 0.534. The molecule has 0 aromatic rings. The van der Waals surface area contributed by atoms with Gasteiger partial charge in [0.15, 0.2) is 0 Å². The third-order valence-corrected chi connectivity index (χ3v) is 2.51. The van der Waals surface area contributed by atoms with Gasteiger partial charge in [-0.25, -0.2) is 0 Å². The molecule has 0 radical (unpaired) electrons. The molecule has 2 atom stereocenters. The Morgan fingerprint density at radius 2 is 2.54 bits per heavy atom. The van der Waals surface area contributed by atoms with E-state index in [0.29, 0.717) is 12.6 Å². The van der Waals surface area contributed by atoms with Gasteiger partial charge in [0.05, 0.1) is 18.6 Å². The number of nitrogens with one attached hydrogen (secondary N) is 1. The number of hydrogen-bond donors (Lipinski definition) is 1. The van der Waals surface area contributed by atoms with E-state index >= 15 is 0 Å². The van der Waals surface area contributed by atoms with Crippen molar-refractivity contribution in [2.45, 2.75) is 24.3 Å². The zero-order valence-electron chi connectivity index (χ0n) is 8.09. The summed E-state index contributed by atoms with van der Waals surface area (Å²) in [5, 5.41) is 3.53. The highest BCUT2D eigenvalue weighted by atomic mass is 35.5. The van der Waals surface area contributed by atoms with Crippen LogP contribution in [0.1, 0.15) is 12.8 Å². The molecule has 4 heteroatoms. The van der Waals surface area contributed by atoms with Gasteiger partial charge in [0.2, 0.25) is 0 Å². The van der Waals surface area contributed by atoms with Crippen LogP contribution >= 0.6 is 11.6 Å². The van der Waals surface area contributed by atoms with Crippen LogP contribution in [0.25, 0.3) is 0 Å². The minimum Gasteiger partial charge on any atom is -0.383 e. The zero-order chi connectivity index (χ0) is 9.52. The molecular weight excluding hydrogens is 190 g/mol. The Bertz CT molecular complexity index is 129. The van der Waals surface area contributed by atoms with E-state index in [2.05, 4.69) is 5.32 Å². The second-order valence-corrected chi connectivity index (χ2v) is 3.97. The zero-order valence-corrected chi connectivity index (χ0v) is 8.85. The van der Waals surface area contributed by atoms with Gasteiger partial charge in [0.25, 0.3) is 0 Å². The van der Waals surface area contributed by atoms with E-state index in [-0.39, 0.29) is 5.38 Å². The fourth-order valence-electron chi connectivity index (χ4n) is 1.40. The van der Waals surface area contributed by atoms with E-state index in [4.69, 9.17) is 21.1 Å². The molecule has 0 spiro atoms. The largest absolute Gasteiger partial charge is 0.383 e. The van der Waals surface area contributed by atoms with Gasteiger partial charge in [-0.1, -0.05) is 0 Å². The smallest absolute Gasteiger partial charge is 0.0626 e. The molecule has 0 aliphatic carbocycles. The van der Waals surface area contributed by atoms with Gasteiger partial charge in [0.1, 0.15) is 0 Å². The summed E-state index contributed by atoms with van der Waals surface area (Å²) >= 11 is 5.97. The Balaban J connectivity index is 1.93. The lowest BCUT2D eigenvalue weighted by atomic mass is 10.2. The molecule has 3 nitrogen and oxygen atoms in total. The molecule has 1 heterocycles. The lowest BCUT2D eigenvalue weighted by molar-refractivity contribution is 0.187. The summed E-state index contributed by atoms with van der Waals surface area (Å²) in [5.41, 5.74) is 0. The predicted molar refractivity (Wildman–Crippen MR) is 53.4 cm³/mol. The standard InChI is InChI=1S/C9H18ClNO2/c1-12-6-8(10)2-4-11-9-3-5-13-7-9/h8-9,11H,2-7H2,1H3. The fourth-order valence-corrected chi connectivity index (χ4v) is 1.64. The molecular formula is C9H18ClNO2. The van der Waals surface area contributed by atoms with E-state index < -0.39 is 0 Å². The van der Waals surface area contributed by atoms with Crippen molar-refractivity contribution < 1.29 is 9.47 Å². The van der Waals surface area contributed by atoms with Crippen LogP contribution in [0.2, 0.25) is 0 Å². The maximum absolute atomic E-state index is 5.97. The average molecular weight is 208 g/mol. The molecule has 1 N–H and O–H groups in total. The number of ether oxygens (including phenoxy) is 2. The first-order chi connectivity index (χ1) is 6.33. The van der Waals surface area contributed by atoms with Crippen LogP contribution in [0.5, 0.6) is 0 Å². The lowest BCUT2D eigenvalue weighted by Crippen LogP contribution is -2.31. The van der Waals surface area contributed by atoms with Crippen LogP contribution < -0.4 is 5.32 Å². The highest BCUT2D eigenvalue weighted by Crippen LogP contribution is 2.05. The third-order valence-electron chi connectivity index (χ3n) is 2.17. The van der Waals surface area contributed by atoms with Crippen LogP contribution in [0.3, 0.4) is 0 Å². The first-order valence-electron chi connectivity index (χ1n) is 4.77. The van der Waals surface area contributed by atoms with Crippen molar-refractivity contribution in [3.63, 3.8) is 0 Å². The van der Waals surface area contributed by atoms with Gasteiger partial charge in [-0.05, 0) is 19.4 Å². The topological polar surface area (TPSA) is 30.5 Å². The van der Waals surface area contributed by atoms with Gasteiger partial charge in [-0.3, -0.25) is 0 Å². The van der Waals surface area contributed by atoms with E-state index in [1.165, 1.54) is 0 Å². The predicted octanol–water partition coefficient (Wildman–Crippen LogP) is 1.01. The quantitative estimate of drug-likeness (QED) is 0.660. The molecule has 0 bridgehead atoms. The Labute approximate surface area is 84.7 Å². The van der Waals surface area contributed by atoms with Crippen LogP contribution in [0, 0.1) is 0 Å². The first-order valence-corrected chi connectivity index (χ1v) is 5.20. The number of hydrogen-bond acceptors (Lipinski definition) is 3. The monoisotopic (exact) mass is 207 g/mol. The van der Waals surface area contributed by atoms with E-state index in [1.54, 1.807) is 7.11 Å². The first kappa shape index (κ1) is 11.2. The van der Waals surface area contributed by atoms with Crippen molar-refractivity contribution >= 4 is 11.6 Å². The molecule has 0 aromatic carbocycles. The van der Waals surface area contributed by atoms with Gasteiger partial charge in [-0.15, -0.1) is 11.6 Å². The molecule has 1 fully saturated rings. The van der Waals surface area contributed by atoms with E-state index in [1.807, 2.05) is 0 Å². The van der Waals surface area contributed by atoms with Crippen molar-refractivity contribution in [3.8, 4) is 0 Å². The Morgan fingerprint density at radius 1 is 1.69 bits per heavy atom. The summed E-state index contributed by atoms with van der Waals surface area (Å²) in [5.74, 6) is 0. The van der Waals surface area contributed by atoms with Crippen molar-refractivity contribution in [3.05, 3.63) is 0 Å². The molecule has 0 saturated carbocycles. The molecule has 1 aliphatic heterocycles. The molecule has 13 heavy (non-hydrogen) atoms. The number of rotatable bonds is 6. The normalized spacial score (nSPS) is 24.9. The Hall–Kier alpha value is 0.170. The molecule has 0 aromatic heterocycles. The third kappa shape index (κ3) is 4.81. The number of methoxy groups -OCH3 is 1. The number of alkyl halides is 1. The summed E-state index contributed by atoms with van der Waals surface area (Å²) in [7, 11) is 1.67. The van der Waals surface area contributed by atoms with Crippen LogP contribution in [0.4, 0.5) is 0 Å². The maximum Gasteiger partial charge on any atom is 0.0626 e. The Morgan fingerprint density at radius 3 is 3.15 bits per heavy atom. The average Bonchev–Trinajstić information content (AvgIpc) is 2.57. The summed E-state index contributed by atoms with van der Waals surface area (Å²) in [6.07, 6.45) is 2.07. The van der Waals surface area contributed by atoms with Crippen LogP contribution in [-0.2, 0) is 9.47 Å². The fraction of sp³-hybridized carbons (Fsp3) is 1.00. The van der Waals surface area contributed by atoms with E-state index in [0.717, 1.165) is 32.6 Å². The summed E-state index contributed by atoms with van der Waals surface area (Å²) in [6.45, 7) is 3.31. The maximum atomic E-state index is 5.97. The van der Waals surface area contributed by atoms with Crippen molar-refractivity contribution in [2.24, 2.45) is 0 Å². The molecule has 1 aliphatic rings. The van der Waals surface area contributed by atoms with Crippen molar-refractivity contribution in [2.75, 3.05) is 33.5 Å².